The van der Waals surface area contributed by atoms with Gasteiger partial charge in [0.15, 0.2) is 5.78 Å². The van der Waals surface area contributed by atoms with Crippen LogP contribution in [0.5, 0.6) is 5.75 Å². The van der Waals surface area contributed by atoms with Crippen molar-refractivity contribution in [2.45, 2.75) is 31.5 Å². The Balaban J connectivity index is 1.48. The molecule has 2 aromatic rings. The summed E-state index contributed by atoms with van der Waals surface area (Å²) in [6.45, 7) is 0.490. The highest BCUT2D eigenvalue weighted by atomic mass is 19.4. The summed E-state index contributed by atoms with van der Waals surface area (Å²) in [6.07, 6.45) is -5.46. The van der Waals surface area contributed by atoms with Crippen LogP contribution in [0.15, 0.2) is 54.6 Å². The van der Waals surface area contributed by atoms with Crippen LogP contribution in [0, 0.1) is 0 Å². The number of anilines is 1. The van der Waals surface area contributed by atoms with Crippen LogP contribution in [0.2, 0.25) is 0 Å². The first-order valence-corrected chi connectivity index (χ1v) is 8.88. The number of halogens is 3. The van der Waals surface area contributed by atoms with Gasteiger partial charge in [0.1, 0.15) is 11.9 Å². The molecule has 9 heteroatoms. The largest absolute Gasteiger partial charge is 0.573 e. The third-order valence-electron chi connectivity index (χ3n) is 4.28. The van der Waals surface area contributed by atoms with Crippen molar-refractivity contribution in [2.24, 2.45) is 0 Å². The van der Waals surface area contributed by atoms with Crippen LogP contribution in [0.4, 0.5) is 18.9 Å². The Kier molecular flexibility index (Phi) is 6.50. The third kappa shape index (κ3) is 6.30. The Labute approximate surface area is 165 Å². The van der Waals surface area contributed by atoms with Gasteiger partial charge in [-0.15, -0.1) is 13.2 Å². The van der Waals surface area contributed by atoms with Crippen molar-refractivity contribution in [1.29, 1.82) is 0 Å². The predicted octanol–water partition coefficient (Wildman–Crippen LogP) is 3.04. The number of alkyl halides is 3. The average Bonchev–Trinajstić information content (AvgIpc) is 2.68. The average molecular weight is 408 g/mol. The molecular formula is C20H19F3N2O4. The fourth-order valence-corrected chi connectivity index (χ4v) is 2.85. The minimum absolute atomic E-state index is 0.0411. The summed E-state index contributed by atoms with van der Waals surface area (Å²) in [7, 11) is 0. The maximum atomic E-state index is 12.3. The fraction of sp³-hybridized carbons (Fsp3) is 0.300. The quantitative estimate of drug-likeness (QED) is 0.769. The first kappa shape index (κ1) is 20.8. The molecule has 0 saturated carbocycles. The van der Waals surface area contributed by atoms with Crippen LogP contribution < -0.4 is 15.4 Å². The Morgan fingerprint density at radius 2 is 1.79 bits per heavy atom. The van der Waals surface area contributed by atoms with Crippen molar-refractivity contribution in [2.75, 3.05) is 11.9 Å². The lowest BCUT2D eigenvalue weighted by Crippen LogP contribution is -2.53. The van der Waals surface area contributed by atoms with Gasteiger partial charge in [-0.05, 0) is 29.8 Å². The Hall–Kier alpha value is -2.91. The van der Waals surface area contributed by atoms with Gasteiger partial charge in [-0.25, -0.2) is 0 Å². The number of carbonyl (C=O) groups excluding carboxylic acids is 2. The summed E-state index contributed by atoms with van der Waals surface area (Å²) in [5.74, 6) is -1.03. The molecule has 0 bridgehead atoms. The van der Waals surface area contributed by atoms with Crippen LogP contribution in [0.3, 0.4) is 0 Å². The molecule has 1 saturated heterocycles. The molecule has 1 amide bonds. The van der Waals surface area contributed by atoms with E-state index >= 15 is 0 Å². The van der Waals surface area contributed by atoms with Gasteiger partial charge in [0.25, 0.3) is 0 Å². The highest BCUT2D eigenvalue weighted by molar-refractivity contribution is 5.99. The summed E-state index contributed by atoms with van der Waals surface area (Å²) >= 11 is 0. The van der Waals surface area contributed by atoms with Crippen molar-refractivity contribution in [1.82, 2.24) is 5.32 Å². The monoisotopic (exact) mass is 408 g/mol. The lowest BCUT2D eigenvalue weighted by atomic mass is 10.0. The Bertz CT molecular complexity index is 841. The molecule has 1 aliphatic heterocycles. The van der Waals surface area contributed by atoms with Gasteiger partial charge in [-0.2, -0.15) is 0 Å². The van der Waals surface area contributed by atoms with E-state index in [9.17, 15) is 22.8 Å². The molecule has 3 rings (SSSR count). The summed E-state index contributed by atoms with van der Waals surface area (Å²) in [4.78, 5) is 24.6. The van der Waals surface area contributed by atoms with E-state index in [1.807, 2.05) is 30.3 Å². The second-order valence-corrected chi connectivity index (χ2v) is 6.48. The van der Waals surface area contributed by atoms with Gasteiger partial charge >= 0.3 is 6.36 Å². The molecule has 1 heterocycles. The van der Waals surface area contributed by atoms with Gasteiger partial charge < -0.3 is 20.1 Å². The van der Waals surface area contributed by atoms with Crippen LogP contribution in [-0.2, 0) is 20.9 Å². The SMILES string of the molecule is O=C(Nc1ccc(OC(F)(F)F)cc1)C1CC(=O)C(OCc2ccccc2)CN1. The maximum Gasteiger partial charge on any atom is 0.573 e. The third-order valence-corrected chi connectivity index (χ3v) is 4.28. The number of hydrogen-bond acceptors (Lipinski definition) is 5. The molecule has 2 atom stereocenters. The normalized spacial score (nSPS) is 19.6. The number of carbonyl (C=O) groups is 2. The van der Waals surface area contributed by atoms with Crippen molar-refractivity contribution in [3.8, 4) is 5.75 Å². The molecule has 2 unspecified atom stereocenters. The standard InChI is InChI=1S/C20H19F3N2O4/c21-20(22,23)29-15-8-6-14(7-9-15)25-19(27)16-10-17(26)18(11-24-16)28-12-13-4-2-1-3-5-13/h1-9,16,18,24H,10-12H2,(H,25,27). The van der Waals surface area contributed by atoms with Crippen molar-refractivity contribution in [3.05, 3.63) is 60.2 Å². The van der Waals surface area contributed by atoms with E-state index in [0.717, 1.165) is 17.7 Å². The minimum atomic E-state index is -4.78. The highest BCUT2D eigenvalue weighted by Gasteiger charge is 2.33. The molecule has 0 aromatic heterocycles. The number of rotatable bonds is 6. The number of benzene rings is 2. The molecule has 2 aromatic carbocycles. The molecule has 29 heavy (non-hydrogen) atoms. The first-order chi connectivity index (χ1) is 13.8. The summed E-state index contributed by atoms with van der Waals surface area (Å²) in [5.41, 5.74) is 1.24. The fourth-order valence-electron chi connectivity index (χ4n) is 2.85. The zero-order chi connectivity index (χ0) is 20.9. The van der Waals surface area contributed by atoms with Gasteiger partial charge in [0.05, 0.1) is 12.6 Å². The maximum absolute atomic E-state index is 12.3. The molecule has 0 aliphatic carbocycles. The number of ketones is 1. The van der Waals surface area contributed by atoms with E-state index in [-0.39, 0.29) is 24.5 Å². The molecule has 6 nitrogen and oxygen atoms in total. The van der Waals surface area contributed by atoms with Crippen LogP contribution >= 0.6 is 0 Å². The Morgan fingerprint density at radius 1 is 1.10 bits per heavy atom. The summed E-state index contributed by atoms with van der Waals surface area (Å²) in [5, 5.41) is 5.53. The second kappa shape index (κ2) is 9.06. The van der Waals surface area contributed by atoms with Crippen LogP contribution in [0.25, 0.3) is 0 Å². The molecular weight excluding hydrogens is 389 g/mol. The van der Waals surface area contributed by atoms with E-state index in [1.54, 1.807) is 0 Å². The minimum Gasteiger partial charge on any atom is -0.406 e. The van der Waals surface area contributed by atoms with Crippen molar-refractivity contribution < 1.29 is 32.2 Å². The number of nitrogens with one attached hydrogen (secondary N) is 2. The van der Waals surface area contributed by atoms with Gasteiger partial charge in [0, 0.05) is 18.7 Å². The number of hydrogen-bond donors (Lipinski definition) is 2. The van der Waals surface area contributed by atoms with Gasteiger partial charge in [0.2, 0.25) is 5.91 Å². The first-order valence-electron chi connectivity index (χ1n) is 8.88. The van der Waals surface area contributed by atoms with E-state index in [4.69, 9.17) is 4.74 Å². The lowest BCUT2D eigenvalue weighted by Gasteiger charge is -2.28. The van der Waals surface area contributed by atoms with Crippen molar-refractivity contribution >= 4 is 17.4 Å². The lowest BCUT2D eigenvalue weighted by molar-refractivity contribution is -0.274. The smallest absolute Gasteiger partial charge is 0.406 e. The molecule has 1 aliphatic rings. The number of Topliss-reactive ketones (excluding diaryl/α,β-unsaturated/α-hetero) is 1. The molecule has 0 spiro atoms. The highest BCUT2D eigenvalue weighted by Crippen LogP contribution is 2.24. The topological polar surface area (TPSA) is 76.7 Å². The number of ether oxygens (including phenoxy) is 2. The molecule has 154 valence electrons. The summed E-state index contributed by atoms with van der Waals surface area (Å²) in [6, 6.07) is 13.4. The molecule has 0 radical (unpaired) electrons. The van der Waals surface area contributed by atoms with Gasteiger partial charge in [-0.1, -0.05) is 30.3 Å². The Morgan fingerprint density at radius 3 is 2.41 bits per heavy atom. The van der Waals surface area contributed by atoms with Crippen LogP contribution in [0.1, 0.15) is 12.0 Å². The number of amides is 1. The van der Waals surface area contributed by atoms with E-state index in [1.165, 1.54) is 12.1 Å². The predicted molar refractivity (Wildman–Crippen MR) is 98.2 cm³/mol. The van der Waals surface area contributed by atoms with E-state index in [0.29, 0.717) is 12.3 Å². The zero-order valence-electron chi connectivity index (χ0n) is 15.2. The van der Waals surface area contributed by atoms with E-state index < -0.39 is 24.4 Å². The van der Waals surface area contributed by atoms with E-state index in [2.05, 4.69) is 15.4 Å². The zero-order valence-corrected chi connectivity index (χ0v) is 15.2. The van der Waals surface area contributed by atoms with Gasteiger partial charge in [-0.3, -0.25) is 9.59 Å². The second-order valence-electron chi connectivity index (χ2n) is 6.48. The van der Waals surface area contributed by atoms with Crippen LogP contribution in [-0.4, -0.2) is 36.7 Å². The number of piperidine rings is 1. The van der Waals surface area contributed by atoms with Crippen molar-refractivity contribution in [3.63, 3.8) is 0 Å². The summed E-state index contributed by atoms with van der Waals surface area (Å²) < 4.78 is 45.9. The molecule has 2 N–H and O–H groups in total. The molecule has 1 fully saturated rings.